The van der Waals surface area contributed by atoms with Gasteiger partial charge in [0.15, 0.2) is 0 Å². The third kappa shape index (κ3) is 3.67. The fourth-order valence-electron chi connectivity index (χ4n) is 2.66. The van der Waals surface area contributed by atoms with E-state index in [-0.39, 0.29) is 17.3 Å². The molecule has 124 valence electrons. The van der Waals surface area contributed by atoms with E-state index in [1.165, 1.54) is 6.07 Å². The Bertz CT molecular complexity index is 657. The molecule has 1 amide bonds. The van der Waals surface area contributed by atoms with Crippen molar-refractivity contribution in [1.82, 2.24) is 5.32 Å². The highest BCUT2D eigenvalue weighted by Crippen LogP contribution is 2.32. The summed E-state index contributed by atoms with van der Waals surface area (Å²) in [4.78, 5) is 33.7. The number of carbonyl (C=O) groups is 2. The second-order valence-electron chi connectivity index (χ2n) is 6.92. The Labute approximate surface area is 133 Å². The third-order valence-electron chi connectivity index (χ3n) is 4.09. The molecule has 0 aromatic heterocycles. The fraction of sp³-hybridized carbons (Fsp3) is 0.500. The molecule has 1 fully saturated rings. The minimum absolute atomic E-state index is 0.0813. The molecule has 23 heavy (non-hydrogen) atoms. The largest absolute Gasteiger partial charge is 0.481 e. The van der Waals surface area contributed by atoms with Crippen LogP contribution in [0.2, 0.25) is 0 Å². The minimum atomic E-state index is -0.860. The lowest BCUT2D eigenvalue weighted by Gasteiger charge is -2.32. The maximum absolute atomic E-state index is 12.2. The number of carbonyl (C=O) groups excluding carboxylic acids is 1. The first-order valence-corrected chi connectivity index (χ1v) is 7.42. The highest BCUT2D eigenvalue weighted by molar-refractivity contribution is 5.95. The molecule has 0 bridgehead atoms. The molecule has 2 N–H and O–H groups in total. The Kier molecular flexibility index (Phi) is 4.40. The number of nitrogens with one attached hydrogen (secondary N) is 1. The Morgan fingerprint density at radius 3 is 2.39 bits per heavy atom. The van der Waals surface area contributed by atoms with Gasteiger partial charge in [-0.25, -0.2) is 0 Å². The standard InChI is InChI=1S/C16H20N2O5/c1-16(2,3)12-5-4-9(8-13(12)18(22)23)14(19)17-11-6-10(7-11)15(20)21/h4-5,8,10-11H,6-7H2,1-3H3,(H,17,19)(H,20,21). The average Bonchev–Trinajstić information content (AvgIpc) is 2.39. The van der Waals surface area contributed by atoms with Crippen LogP contribution in [0.15, 0.2) is 18.2 Å². The molecule has 0 saturated heterocycles. The van der Waals surface area contributed by atoms with Gasteiger partial charge < -0.3 is 10.4 Å². The van der Waals surface area contributed by atoms with Crippen molar-refractivity contribution in [3.63, 3.8) is 0 Å². The van der Waals surface area contributed by atoms with Gasteiger partial charge in [0.25, 0.3) is 11.6 Å². The SMILES string of the molecule is CC(C)(C)c1ccc(C(=O)NC2CC(C(=O)O)C2)cc1[N+](=O)[O-]. The summed E-state index contributed by atoms with van der Waals surface area (Å²) < 4.78 is 0. The highest BCUT2D eigenvalue weighted by Gasteiger charge is 2.35. The molecule has 7 nitrogen and oxygen atoms in total. The summed E-state index contributed by atoms with van der Waals surface area (Å²) >= 11 is 0. The van der Waals surface area contributed by atoms with Crippen LogP contribution in [-0.2, 0) is 10.2 Å². The van der Waals surface area contributed by atoms with Gasteiger partial charge in [-0.3, -0.25) is 19.7 Å². The van der Waals surface area contributed by atoms with Crippen molar-refractivity contribution in [3.8, 4) is 0 Å². The second-order valence-corrected chi connectivity index (χ2v) is 6.92. The molecule has 0 spiro atoms. The van der Waals surface area contributed by atoms with Gasteiger partial charge in [0.05, 0.1) is 10.8 Å². The summed E-state index contributed by atoms with van der Waals surface area (Å²) in [6.07, 6.45) is 0.784. The van der Waals surface area contributed by atoms with Crippen molar-refractivity contribution in [1.29, 1.82) is 0 Å². The van der Waals surface area contributed by atoms with Crippen LogP contribution in [0, 0.1) is 16.0 Å². The lowest BCUT2D eigenvalue weighted by atomic mass is 9.80. The number of rotatable bonds is 4. The van der Waals surface area contributed by atoms with E-state index in [2.05, 4.69) is 5.32 Å². The molecule has 0 atom stereocenters. The van der Waals surface area contributed by atoms with Gasteiger partial charge in [0, 0.05) is 23.2 Å². The lowest BCUT2D eigenvalue weighted by molar-refractivity contribution is -0.386. The maximum Gasteiger partial charge on any atom is 0.306 e. The molecule has 0 heterocycles. The predicted molar refractivity (Wildman–Crippen MR) is 83.4 cm³/mol. The van der Waals surface area contributed by atoms with Crippen LogP contribution in [0.3, 0.4) is 0 Å². The molecule has 1 aliphatic rings. The predicted octanol–water partition coefficient (Wildman–Crippen LogP) is 2.49. The topological polar surface area (TPSA) is 110 Å². The molecule has 2 rings (SSSR count). The number of benzene rings is 1. The number of nitro benzene ring substituents is 1. The first-order valence-electron chi connectivity index (χ1n) is 7.42. The summed E-state index contributed by atoms with van der Waals surface area (Å²) in [5.74, 6) is -1.69. The van der Waals surface area contributed by atoms with E-state index in [1.807, 2.05) is 20.8 Å². The van der Waals surface area contributed by atoms with Crippen LogP contribution in [0.5, 0.6) is 0 Å². The number of nitrogens with zero attached hydrogens (tertiary/aromatic N) is 1. The molecule has 0 unspecified atom stereocenters. The Morgan fingerprint density at radius 1 is 1.30 bits per heavy atom. The third-order valence-corrected chi connectivity index (χ3v) is 4.09. The quantitative estimate of drug-likeness (QED) is 0.654. The van der Waals surface area contributed by atoms with E-state index in [4.69, 9.17) is 5.11 Å². The van der Waals surface area contributed by atoms with Crippen molar-refractivity contribution in [2.75, 3.05) is 0 Å². The van der Waals surface area contributed by atoms with Crippen LogP contribution in [0.25, 0.3) is 0 Å². The summed E-state index contributed by atoms with van der Waals surface area (Å²) in [6, 6.07) is 4.26. The van der Waals surface area contributed by atoms with E-state index in [0.29, 0.717) is 18.4 Å². The Balaban J connectivity index is 2.14. The molecule has 0 radical (unpaired) electrons. The molecular weight excluding hydrogens is 300 g/mol. The number of amides is 1. The van der Waals surface area contributed by atoms with Crippen molar-refractivity contribution in [3.05, 3.63) is 39.4 Å². The van der Waals surface area contributed by atoms with Gasteiger partial charge in [0.1, 0.15) is 0 Å². The Morgan fingerprint density at radius 2 is 1.91 bits per heavy atom. The van der Waals surface area contributed by atoms with Crippen molar-refractivity contribution < 1.29 is 19.6 Å². The minimum Gasteiger partial charge on any atom is -0.481 e. The van der Waals surface area contributed by atoms with Crippen LogP contribution in [0.4, 0.5) is 5.69 Å². The smallest absolute Gasteiger partial charge is 0.306 e. The molecule has 1 aromatic carbocycles. The van der Waals surface area contributed by atoms with Gasteiger partial charge in [0.2, 0.25) is 0 Å². The normalized spacial score (nSPS) is 20.5. The van der Waals surface area contributed by atoms with Gasteiger partial charge in [-0.1, -0.05) is 26.8 Å². The molecule has 0 aliphatic heterocycles. The van der Waals surface area contributed by atoms with Gasteiger partial charge in [-0.2, -0.15) is 0 Å². The van der Waals surface area contributed by atoms with E-state index < -0.39 is 28.1 Å². The zero-order valence-electron chi connectivity index (χ0n) is 13.3. The number of aliphatic carboxylic acids is 1. The maximum atomic E-state index is 12.2. The second kappa shape index (κ2) is 5.98. The van der Waals surface area contributed by atoms with Crippen LogP contribution < -0.4 is 5.32 Å². The van der Waals surface area contributed by atoms with Crippen molar-refractivity contribution in [2.45, 2.75) is 45.1 Å². The number of nitro groups is 1. The molecule has 1 aromatic rings. The van der Waals surface area contributed by atoms with Crippen LogP contribution in [0.1, 0.15) is 49.5 Å². The van der Waals surface area contributed by atoms with E-state index in [9.17, 15) is 19.7 Å². The van der Waals surface area contributed by atoms with Crippen LogP contribution >= 0.6 is 0 Å². The Hall–Kier alpha value is -2.44. The van der Waals surface area contributed by atoms with Gasteiger partial charge in [-0.05, 0) is 24.3 Å². The highest BCUT2D eigenvalue weighted by atomic mass is 16.6. The molecular formula is C16H20N2O5. The van der Waals surface area contributed by atoms with Crippen LogP contribution in [-0.4, -0.2) is 27.9 Å². The first-order chi connectivity index (χ1) is 10.6. The van der Waals surface area contributed by atoms with E-state index >= 15 is 0 Å². The van der Waals surface area contributed by atoms with Gasteiger partial charge in [-0.15, -0.1) is 0 Å². The zero-order chi connectivity index (χ0) is 17.4. The summed E-state index contributed by atoms with van der Waals surface area (Å²) in [6.45, 7) is 5.61. The summed E-state index contributed by atoms with van der Waals surface area (Å²) in [5, 5.41) is 22.8. The monoisotopic (exact) mass is 320 g/mol. The number of carboxylic acids is 1. The number of hydrogen-bond acceptors (Lipinski definition) is 4. The average molecular weight is 320 g/mol. The summed E-state index contributed by atoms with van der Waals surface area (Å²) in [7, 11) is 0. The van der Waals surface area contributed by atoms with E-state index in [0.717, 1.165) is 0 Å². The summed E-state index contributed by atoms with van der Waals surface area (Å²) in [5.41, 5.74) is 0.291. The zero-order valence-corrected chi connectivity index (χ0v) is 13.3. The van der Waals surface area contributed by atoms with Gasteiger partial charge >= 0.3 is 5.97 Å². The van der Waals surface area contributed by atoms with Crippen molar-refractivity contribution >= 4 is 17.6 Å². The lowest BCUT2D eigenvalue weighted by Crippen LogP contribution is -2.46. The first kappa shape index (κ1) is 16.9. The number of hydrogen-bond donors (Lipinski definition) is 2. The van der Waals surface area contributed by atoms with Crippen molar-refractivity contribution in [2.24, 2.45) is 5.92 Å². The molecule has 1 aliphatic carbocycles. The molecule has 1 saturated carbocycles. The number of carboxylic acid groups (broad SMARTS) is 1. The fourth-order valence-corrected chi connectivity index (χ4v) is 2.66. The molecule has 7 heteroatoms. The van der Waals surface area contributed by atoms with E-state index in [1.54, 1.807) is 12.1 Å².